The Morgan fingerprint density at radius 3 is 1.97 bits per heavy atom. The minimum atomic E-state index is -3.57. The van der Waals surface area contributed by atoms with Crippen molar-refractivity contribution >= 4 is 38.9 Å². The Balaban J connectivity index is 0.00000342. The van der Waals surface area contributed by atoms with Crippen LogP contribution in [-0.2, 0) is 10.0 Å². The average molecular weight is 598 g/mol. The Morgan fingerprint density at radius 2 is 1.54 bits per heavy atom. The number of hydrogen-bond donors (Lipinski definition) is 1. The van der Waals surface area contributed by atoms with Crippen LogP contribution in [0.5, 0.6) is 5.75 Å². The Bertz CT molecular complexity index is 1230. The van der Waals surface area contributed by atoms with Gasteiger partial charge in [-0.2, -0.15) is 0 Å². The summed E-state index contributed by atoms with van der Waals surface area (Å²) >= 11 is 12.3. The molecule has 1 aliphatic rings. The number of sulfonamides is 1. The first-order valence-electron chi connectivity index (χ1n) is 10.9. The van der Waals surface area contributed by atoms with Crippen molar-refractivity contribution in [1.29, 1.82) is 0 Å². The Labute approximate surface area is 227 Å². The molecule has 0 bridgehead atoms. The van der Waals surface area contributed by atoms with Crippen LogP contribution < -0.4 is 21.3 Å². The lowest BCUT2D eigenvalue weighted by Gasteiger charge is -2.56. The molecule has 1 N–H and O–H groups in total. The second-order valence-corrected chi connectivity index (χ2v) is 11.5. The molecule has 1 fully saturated rings. The van der Waals surface area contributed by atoms with Gasteiger partial charge >= 0.3 is 0 Å². The number of quaternary nitrogens is 1. The zero-order valence-electron chi connectivity index (χ0n) is 19.2. The van der Waals surface area contributed by atoms with Crippen molar-refractivity contribution in [3.05, 3.63) is 107 Å². The molecule has 1 heterocycles. The smallest absolute Gasteiger partial charge is 0.232 e. The highest BCUT2D eigenvalue weighted by Gasteiger charge is 2.53. The molecule has 35 heavy (non-hydrogen) atoms. The summed E-state index contributed by atoms with van der Waals surface area (Å²) in [5.74, 6) is 0.0255. The topological polar surface area (TPSA) is 57.6 Å². The summed E-state index contributed by atoms with van der Waals surface area (Å²) in [6.45, 7) is 5.80. The van der Waals surface area contributed by atoms with E-state index in [-0.39, 0.29) is 34.8 Å². The van der Waals surface area contributed by atoms with Gasteiger partial charge < -0.3 is 26.6 Å². The van der Waals surface area contributed by atoms with Gasteiger partial charge in [-0.1, -0.05) is 60.1 Å². The minimum absolute atomic E-state index is 0. The fourth-order valence-corrected chi connectivity index (χ4v) is 6.50. The first-order chi connectivity index (χ1) is 16.1. The number of nitrogens with zero attached hydrogens (tertiary/aromatic N) is 2. The van der Waals surface area contributed by atoms with Crippen LogP contribution in [0.1, 0.15) is 17.2 Å². The van der Waals surface area contributed by atoms with Gasteiger partial charge in [0.25, 0.3) is 0 Å². The van der Waals surface area contributed by atoms with Crippen LogP contribution in [0.25, 0.3) is 0 Å². The quantitative estimate of drug-likeness (QED) is 0.321. The highest BCUT2D eigenvalue weighted by atomic mass is 79.9. The van der Waals surface area contributed by atoms with Gasteiger partial charge in [0.05, 0.1) is 18.5 Å². The number of likely N-dealkylation sites (tertiary alicyclic amines) is 1. The molecule has 0 amide bonds. The number of anilines is 1. The predicted molar refractivity (Wildman–Crippen MR) is 139 cm³/mol. The van der Waals surface area contributed by atoms with Gasteiger partial charge in [-0.25, -0.2) is 8.42 Å². The first kappa shape index (κ1) is 27.6. The van der Waals surface area contributed by atoms with Gasteiger partial charge in [0.1, 0.15) is 30.9 Å². The largest absolute Gasteiger partial charge is 1.00 e. The average Bonchev–Trinajstić information content (AvgIpc) is 2.74. The van der Waals surface area contributed by atoms with Gasteiger partial charge in [0.2, 0.25) is 10.0 Å². The molecule has 0 aromatic heterocycles. The van der Waals surface area contributed by atoms with E-state index in [1.807, 2.05) is 54.6 Å². The molecular formula is C26H27BrCl2N2O3S. The van der Waals surface area contributed by atoms with Gasteiger partial charge in [-0.15, -0.1) is 0 Å². The summed E-state index contributed by atoms with van der Waals surface area (Å²) in [5.41, 5.74) is 2.61. The maximum absolute atomic E-state index is 12.8. The molecule has 1 saturated heterocycles. The summed E-state index contributed by atoms with van der Waals surface area (Å²) in [5, 5.41) is 11.3. The third kappa shape index (κ3) is 5.87. The van der Waals surface area contributed by atoms with Crippen molar-refractivity contribution in [2.45, 2.75) is 12.1 Å². The fraction of sp³-hybridized carbons (Fsp3) is 0.231. The minimum Gasteiger partial charge on any atom is -1.00 e. The molecule has 0 atom stereocenters. The lowest BCUT2D eigenvalue weighted by Crippen LogP contribution is -3.00. The lowest BCUT2D eigenvalue weighted by molar-refractivity contribution is -0.982. The van der Waals surface area contributed by atoms with Gasteiger partial charge in [0.15, 0.2) is 0 Å². The van der Waals surface area contributed by atoms with E-state index in [1.54, 1.807) is 12.1 Å². The summed E-state index contributed by atoms with van der Waals surface area (Å²) in [7, 11) is -3.57. The third-order valence-electron chi connectivity index (χ3n) is 6.33. The normalized spacial score (nSPS) is 19.5. The molecule has 9 heteroatoms. The summed E-state index contributed by atoms with van der Waals surface area (Å²) in [6, 6.07) is 21.6. The zero-order chi connectivity index (χ0) is 24.5. The molecule has 3 aromatic rings. The number of aromatic hydroxyl groups is 1. The Morgan fingerprint density at radius 1 is 1.03 bits per heavy atom. The molecule has 0 saturated carbocycles. The molecule has 4 rings (SSSR count). The van der Waals surface area contributed by atoms with Crippen molar-refractivity contribution in [3.63, 3.8) is 0 Å². The molecule has 0 spiro atoms. The molecule has 3 aromatic carbocycles. The molecular weight excluding hydrogens is 571 g/mol. The SMILES string of the molecule is C=CC[N+]1(C(c2ccc(Cl)cc2)c2ccc(Cl)cc2)CC(N(c2cccc(O)c2)S(C)(=O)=O)C1.[Br-]. The van der Waals surface area contributed by atoms with Crippen LogP contribution in [-0.4, -0.2) is 49.9 Å². The van der Waals surface area contributed by atoms with E-state index < -0.39 is 10.0 Å². The van der Waals surface area contributed by atoms with E-state index in [2.05, 4.69) is 6.58 Å². The molecule has 1 aliphatic heterocycles. The van der Waals surface area contributed by atoms with Gasteiger partial charge in [-0.3, -0.25) is 4.31 Å². The third-order valence-corrected chi connectivity index (χ3v) is 8.06. The summed E-state index contributed by atoms with van der Waals surface area (Å²) < 4.78 is 27.7. The highest BCUT2D eigenvalue weighted by molar-refractivity contribution is 7.92. The van der Waals surface area contributed by atoms with E-state index in [4.69, 9.17) is 23.2 Å². The highest BCUT2D eigenvalue weighted by Crippen LogP contribution is 2.43. The predicted octanol–water partition coefficient (Wildman–Crippen LogP) is 2.64. The summed E-state index contributed by atoms with van der Waals surface area (Å²) in [6.07, 6.45) is 3.08. The summed E-state index contributed by atoms with van der Waals surface area (Å²) in [4.78, 5) is 0. The van der Waals surface area contributed by atoms with Crippen LogP contribution in [0.2, 0.25) is 10.0 Å². The molecule has 0 aliphatic carbocycles. The second-order valence-electron chi connectivity index (χ2n) is 8.79. The van der Waals surface area contributed by atoms with E-state index >= 15 is 0 Å². The second kappa shape index (κ2) is 10.9. The van der Waals surface area contributed by atoms with Crippen molar-refractivity contribution in [1.82, 2.24) is 0 Å². The van der Waals surface area contributed by atoms with E-state index in [1.165, 1.54) is 22.7 Å². The van der Waals surface area contributed by atoms with Crippen molar-refractivity contribution in [2.75, 3.05) is 30.2 Å². The maximum atomic E-state index is 12.8. The fourth-order valence-electron chi connectivity index (χ4n) is 5.07. The number of benzene rings is 3. The van der Waals surface area contributed by atoms with Gasteiger partial charge in [-0.05, 0) is 42.5 Å². The number of phenols is 1. The lowest BCUT2D eigenvalue weighted by atomic mass is 9.88. The number of halogens is 3. The monoisotopic (exact) mass is 596 g/mol. The first-order valence-corrected chi connectivity index (χ1v) is 13.5. The molecule has 186 valence electrons. The maximum Gasteiger partial charge on any atom is 0.232 e. The van der Waals surface area contributed by atoms with Crippen LogP contribution in [0.4, 0.5) is 5.69 Å². The standard InChI is InChI=1S/C26H26Cl2N2O3S.BrH/c1-3-15-30(17-24(18-30)29(34(2,32)33)23-5-4-6-25(31)16-23)26(19-7-11-21(27)12-8-19)20-9-13-22(28)14-10-20;/h3-14,16,24,26H,1,15,17-18H2,2H3;1H. The Hall–Kier alpha value is -2.03. The van der Waals surface area contributed by atoms with Crippen LogP contribution in [0, 0.1) is 0 Å². The van der Waals surface area contributed by atoms with Crippen LogP contribution >= 0.6 is 23.2 Å². The molecule has 0 radical (unpaired) electrons. The van der Waals surface area contributed by atoms with E-state index in [9.17, 15) is 13.5 Å². The van der Waals surface area contributed by atoms with Crippen LogP contribution in [0.15, 0.2) is 85.5 Å². The number of rotatable bonds is 8. The van der Waals surface area contributed by atoms with Crippen molar-refractivity contribution in [2.24, 2.45) is 0 Å². The van der Waals surface area contributed by atoms with Crippen molar-refractivity contribution in [3.8, 4) is 5.75 Å². The zero-order valence-corrected chi connectivity index (χ0v) is 23.1. The van der Waals surface area contributed by atoms with Crippen molar-refractivity contribution < 1.29 is 35.0 Å². The van der Waals surface area contributed by atoms with E-state index in [0.717, 1.165) is 11.1 Å². The molecule has 5 nitrogen and oxygen atoms in total. The number of phenolic OH excluding ortho intramolecular Hbond substituents is 1. The number of hydrogen-bond acceptors (Lipinski definition) is 3. The molecule has 0 unspecified atom stereocenters. The van der Waals surface area contributed by atoms with Gasteiger partial charge in [0, 0.05) is 27.2 Å². The Kier molecular flexibility index (Phi) is 8.60. The van der Waals surface area contributed by atoms with Crippen LogP contribution in [0.3, 0.4) is 0 Å². The van der Waals surface area contributed by atoms with E-state index in [0.29, 0.717) is 39.8 Å².